The van der Waals surface area contributed by atoms with Crippen LogP contribution in [0.15, 0.2) is 12.1 Å². The summed E-state index contributed by atoms with van der Waals surface area (Å²) in [5, 5.41) is 0. The smallest absolute Gasteiger partial charge is 0.266 e. The number of thiophene rings is 1. The molecule has 15 heavy (non-hydrogen) atoms. The third-order valence-electron chi connectivity index (χ3n) is 1.20. The molecule has 8 heteroatoms. The highest BCUT2D eigenvalue weighted by Crippen LogP contribution is 2.21. The number of hydrogen-bond acceptors (Lipinski definition) is 3. The summed E-state index contributed by atoms with van der Waals surface area (Å²) >= 11 is 6.47. The van der Waals surface area contributed by atoms with Crippen molar-refractivity contribution in [1.29, 1.82) is 0 Å². The van der Waals surface area contributed by atoms with Gasteiger partial charge in [-0.2, -0.15) is 13.2 Å². The first-order chi connectivity index (χ1) is 6.88. The maximum Gasteiger partial charge on any atom is 0.414 e. The molecular formula is C7H5ClF3NO2S. The van der Waals surface area contributed by atoms with Crippen LogP contribution in [0, 0.1) is 0 Å². The summed E-state index contributed by atoms with van der Waals surface area (Å²) in [4.78, 5) is 15.2. The second kappa shape index (κ2) is 4.82. The van der Waals surface area contributed by atoms with Crippen molar-refractivity contribution in [3.05, 3.63) is 21.3 Å². The highest BCUT2D eigenvalue weighted by Gasteiger charge is 2.28. The van der Waals surface area contributed by atoms with Gasteiger partial charge in [-0.1, -0.05) is 11.6 Å². The number of nitrogens with one attached hydrogen (secondary N) is 1. The van der Waals surface area contributed by atoms with Gasteiger partial charge in [-0.3, -0.25) is 9.63 Å². The van der Waals surface area contributed by atoms with E-state index < -0.39 is 18.7 Å². The predicted octanol–water partition coefficient (Wildman–Crippen LogP) is 2.63. The molecule has 0 atom stereocenters. The van der Waals surface area contributed by atoms with Crippen LogP contribution in [0.4, 0.5) is 13.2 Å². The minimum atomic E-state index is -4.47. The highest BCUT2D eigenvalue weighted by atomic mass is 35.5. The summed E-state index contributed by atoms with van der Waals surface area (Å²) in [6, 6.07) is 2.85. The fourth-order valence-electron chi connectivity index (χ4n) is 0.670. The molecule has 3 nitrogen and oxygen atoms in total. The second-order valence-electron chi connectivity index (χ2n) is 2.44. The lowest BCUT2D eigenvalue weighted by atomic mass is 10.5. The first-order valence-electron chi connectivity index (χ1n) is 3.63. The van der Waals surface area contributed by atoms with Crippen molar-refractivity contribution >= 4 is 28.8 Å². The van der Waals surface area contributed by atoms with Crippen molar-refractivity contribution in [3.63, 3.8) is 0 Å². The minimum absolute atomic E-state index is 0.183. The van der Waals surface area contributed by atoms with Crippen molar-refractivity contribution in [1.82, 2.24) is 5.48 Å². The van der Waals surface area contributed by atoms with Crippen LogP contribution in [0.5, 0.6) is 0 Å². The summed E-state index contributed by atoms with van der Waals surface area (Å²) < 4.78 is 35.2. The van der Waals surface area contributed by atoms with E-state index in [-0.39, 0.29) is 4.88 Å². The monoisotopic (exact) mass is 259 g/mol. The van der Waals surface area contributed by atoms with Crippen LogP contribution in [0.25, 0.3) is 0 Å². The molecule has 1 aromatic heterocycles. The third-order valence-corrected chi connectivity index (χ3v) is 2.43. The Balaban J connectivity index is 2.37. The normalized spacial score (nSPS) is 11.5. The van der Waals surface area contributed by atoms with Gasteiger partial charge < -0.3 is 0 Å². The van der Waals surface area contributed by atoms with Crippen molar-refractivity contribution in [2.24, 2.45) is 0 Å². The molecule has 0 fully saturated rings. The number of carbonyl (C=O) groups excluding carboxylic acids is 1. The lowest BCUT2D eigenvalue weighted by Gasteiger charge is -2.06. The molecule has 0 saturated carbocycles. The van der Waals surface area contributed by atoms with E-state index in [4.69, 9.17) is 11.6 Å². The van der Waals surface area contributed by atoms with Gasteiger partial charge in [0.05, 0.1) is 9.21 Å². The second-order valence-corrected chi connectivity index (χ2v) is 4.15. The van der Waals surface area contributed by atoms with E-state index in [9.17, 15) is 18.0 Å². The molecule has 0 aliphatic rings. The Morgan fingerprint density at radius 2 is 2.20 bits per heavy atom. The summed E-state index contributed by atoms with van der Waals surface area (Å²) in [5.74, 6) is -0.754. The fourth-order valence-corrected chi connectivity index (χ4v) is 1.60. The van der Waals surface area contributed by atoms with Crippen LogP contribution in [0.2, 0.25) is 4.34 Å². The predicted molar refractivity (Wildman–Crippen MR) is 48.8 cm³/mol. The van der Waals surface area contributed by atoms with Gasteiger partial charge in [0.1, 0.15) is 0 Å². The summed E-state index contributed by atoms with van der Waals surface area (Å²) in [6.07, 6.45) is -4.47. The molecule has 0 bridgehead atoms. The van der Waals surface area contributed by atoms with E-state index >= 15 is 0 Å². The van der Waals surface area contributed by atoms with Gasteiger partial charge in [0.25, 0.3) is 5.91 Å². The molecule has 0 aromatic carbocycles. The maximum absolute atomic E-state index is 11.6. The zero-order valence-electron chi connectivity index (χ0n) is 7.10. The van der Waals surface area contributed by atoms with Gasteiger partial charge in [-0.15, -0.1) is 11.3 Å². The number of hydroxylamine groups is 1. The quantitative estimate of drug-likeness (QED) is 0.848. The van der Waals surface area contributed by atoms with Crippen LogP contribution < -0.4 is 5.48 Å². The van der Waals surface area contributed by atoms with E-state index in [1.54, 1.807) is 5.48 Å². The molecule has 0 aliphatic heterocycles. The molecule has 0 spiro atoms. The van der Waals surface area contributed by atoms with E-state index in [1.807, 2.05) is 0 Å². The Labute approximate surface area is 91.7 Å². The van der Waals surface area contributed by atoms with Gasteiger partial charge in [-0.05, 0) is 12.1 Å². The van der Waals surface area contributed by atoms with E-state index in [1.165, 1.54) is 12.1 Å². The van der Waals surface area contributed by atoms with Gasteiger partial charge in [0.2, 0.25) is 0 Å². The maximum atomic E-state index is 11.6. The third kappa shape index (κ3) is 4.50. The number of alkyl halides is 3. The largest absolute Gasteiger partial charge is 0.414 e. The molecule has 0 saturated heterocycles. The lowest BCUT2D eigenvalue weighted by Crippen LogP contribution is -2.29. The SMILES string of the molecule is O=C(NOCC(F)(F)F)c1ccc(Cl)s1. The first-order valence-corrected chi connectivity index (χ1v) is 4.82. The molecule has 1 amide bonds. The van der Waals surface area contributed by atoms with E-state index in [0.29, 0.717) is 4.34 Å². The standard InChI is InChI=1S/C7H5ClF3NO2S/c8-5-2-1-4(15-5)6(13)12-14-3-7(9,10)11/h1-2H,3H2,(H,12,13). The fraction of sp³-hybridized carbons (Fsp3) is 0.286. The topological polar surface area (TPSA) is 38.3 Å². The van der Waals surface area contributed by atoms with Crippen molar-refractivity contribution in [2.75, 3.05) is 6.61 Å². The Morgan fingerprint density at radius 1 is 1.53 bits per heavy atom. The molecule has 0 unspecified atom stereocenters. The van der Waals surface area contributed by atoms with Crippen LogP contribution in [-0.4, -0.2) is 18.7 Å². The zero-order chi connectivity index (χ0) is 11.5. The van der Waals surface area contributed by atoms with Gasteiger partial charge in [0, 0.05) is 0 Å². The summed E-state index contributed by atoms with van der Waals surface area (Å²) in [5.41, 5.74) is 1.66. The Kier molecular flexibility index (Phi) is 3.95. The molecule has 0 aliphatic carbocycles. The van der Waals surface area contributed by atoms with Crippen LogP contribution in [-0.2, 0) is 4.84 Å². The van der Waals surface area contributed by atoms with Crippen LogP contribution >= 0.6 is 22.9 Å². The molecule has 1 N–H and O–H groups in total. The molecule has 84 valence electrons. The van der Waals surface area contributed by atoms with E-state index in [0.717, 1.165) is 11.3 Å². The summed E-state index contributed by atoms with van der Waals surface area (Å²) in [7, 11) is 0. The molecular weight excluding hydrogens is 255 g/mol. The number of halogens is 4. The number of hydrogen-bond donors (Lipinski definition) is 1. The Bertz CT molecular complexity index is 352. The Hall–Kier alpha value is -0.790. The number of carbonyl (C=O) groups is 1. The summed E-state index contributed by atoms with van der Waals surface area (Å²) in [6.45, 7) is -1.53. The van der Waals surface area contributed by atoms with Crippen molar-refractivity contribution < 1.29 is 22.8 Å². The lowest BCUT2D eigenvalue weighted by molar-refractivity contribution is -0.184. The average molecular weight is 260 g/mol. The zero-order valence-corrected chi connectivity index (χ0v) is 8.67. The highest BCUT2D eigenvalue weighted by molar-refractivity contribution is 7.17. The van der Waals surface area contributed by atoms with Gasteiger partial charge in [-0.25, -0.2) is 5.48 Å². The van der Waals surface area contributed by atoms with Crippen molar-refractivity contribution in [2.45, 2.75) is 6.18 Å². The van der Waals surface area contributed by atoms with E-state index in [2.05, 4.69) is 4.84 Å². The molecule has 1 aromatic rings. The molecule has 0 radical (unpaired) electrons. The van der Waals surface area contributed by atoms with Crippen LogP contribution in [0.1, 0.15) is 9.67 Å². The van der Waals surface area contributed by atoms with Crippen LogP contribution in [0.3, 0.4) is 0 Å². The van der Waals surface area contributed by atoms with Gasteiger partial charge >= 0.3 is 6.18 Å². The number of amides is 1. The van der Waals surface area contributed by atoms with Gasteiger partial charge in [0.15, 0.2) is 6.61 Å². The Morgan fingerprint density at radius 3 is 2.67 bits per heavy atom. The average Bonchev–Trinajstić information content (AvgIpc) is 2.49. The first kappa shape index (κ1) is 12.3. The molecule has 1 rings (SSSR count). The number of rotatable bonds is 3. The minimum Gasteiger partial charge on any atom is -0.266 e. The molecule has 1 heterocycles. The van der Waals surface area contributed by atoms with Crippen molar-refractivity contribution in [3.8, 4) is 0 Å².